The Morgan fingerprint density at radius 2 is 1.81 bits per heavy atom. The number of nitrogens with one attached hydrogen (secondary N) is 1. The van der Waals surface area contributed by atoms with Gasteiger partial charge in [-0.25, -0.2) is 0 Å². The Morgan fingerprint density at radius 1 is 1.19 bits per heavy atom. The number of carbonyl (C=O) groups excluding carboxylic acids is 1. The lowest BCUT2D eigenvalue weighted by atomic mass is 9.95. The lowest BCUT2D eigenvalue weighted by Gasteiger charge is -2.21. The topological polar surface area (TPSA) is 75.6 Å². The van der Waals surface area contributed by atoms with Crippen LogP contribution in [0.2, 0.25) is 0 Å². The van der Waals surface area contributed by atoms with Gasteiger partial charge >= 0.3 is 5.97 Å². The Labute approximate surface area is 162 Å². The molecule has 1 aromatic rings. The van der Waals surface area contributed by atoms with E-state index in [1.54, 1.807) is 20.1 Å². The quantitative estimate of drug-likeness (QED) is 0.614. The zero-order chi connectivity index (χ0) is 20.4. The molecule has 0 saturated heterocycles. The molecule has 0 aliphatic heterocycles. The average Bonchev–Trinajstić information content (AvgIpc) is 2.62. The summed E-state index contributed by atoms with van der Waals surface area (Å²) >= 11 is 0. The standard InChI is InChI=1S/C22H31NO4/c1-15(11-12-20(23-18(4)24)17(3)22(25)26)13-16(2)21(27-5)14-19-9-7-6-8-10-19/h6-13,16-17,20-21H,14H2,1-5H3,(H,23,24)(H,25,26)/b12-11+,15-13+. The highest BCUT2D eigenvalue weighted by Crippen LogP contribution is 2.17. The summed E-state index contributed by atoms with van der Waals surface area (Å²) in [5.41, 5.74) is 2.21. The van der Waals surface area contributed by atoms with Crippen LogP contribution in [0.1, 0.15) is 33.3 Å². The third-order valence-electron chi connectivity index (χ3n) is 4.56. The molecule has 1 aromatic carbocycles. The van der Waals surface area contributed by atoms with E-state index < -0.39 is 17.9 Å². The summed E-state index contributed by atoms with van der Waals surface area (Å²) in [6.07, 6.45) is 6.55. The minimum atomic E-state index is -0.948. The highest BCUT2D eigenvalue weighted by Gasteiger charge is 2.22. The van der Waals surface area contributed by atoms with Crippen molar-refractivity contribution in [1.29, 1.82) is 0 Å². The van der Waals surface area contributed by atoms with Crippen LogP contribution in [0.15, 0.2) is 54.1 Å². The molecule has 4 unspecified atom stereocenters. The van der Waals surface area contributed by atoms with E-state index >= 15 is 0 Å². The molecule has 5 nitrogen and oxygen atoms in total. The number of carbonyl (C=O) groups is 2. The van der Waals surface area contributed by atoms with Crippen LogP contribution in [0.25, 0.3) is 0 Å². The zero-order valence-corrected chi connectivity index (χ0v) is 16.8. The smallest absolute Gasteiger partial charge is 0.308 e. The number of hydrogen-bond donors (Lipinski definition) is 2. The van der Waals surface area contributed by atoms with Crippen molar-refractivity contribution in [2.24, 2.45) is 11.8 Å². The Balaban J connectivity index is 2.82. The molecule has 0 radical (unpaired) electrons. The van der Waals surface area contributed by atoms with Crippen molar-refractivity contribution < 1.29 is 19.4 Å². The maximum atomic E-state index is 11.3. The van der Waals surface area contributed by atoms with Crippen molar-refractivity contribution in [3.8, 4) is 0 Å². The van der Waals surface area contributed by atoms with Gasteiger partial charge in [0.05, 0.1) is 18.1 Å². The van der Waals surface area contributed by atoms with Gasteiger partial charge in [0.1, 0.15) is 0 Å². The predicted octanol–water partition coefficient (Wildman–Crippen LogP) is 3.61. The SMILES string of the molecule is COC(Cc1ccccc1)C(C)/C=C(C)/C=C/C(NC(C)=O)C(C)C(=O)O. The summed E-state index contributed by atoms with van der Waals surface area (Å²) in [7, 11) is 1.71. The molecule has 0 saturated carbocycles. The first-order valence-corrected chi connectivity index (χ1v) is 9.17. The highest BCUT2D eigenvalue weighted by atomic mass is 16.5. The molecule has 1 amide bonds. The second-order valence-electron chi connectivity index (χ2n) is 6.95. The number of allylic oxidation sites excluding steroid dienone is 2. The molecule has 2 N–H and O–H groups in total. The monoisotopic (exact) mass is 373 g/mol. The van der Waals surface area contributed by atoms with E-state index in [1.807, 2.05) is 31.2 Å². The van der Waals surface area contributed by atoms with E-state index in [4.69, 9.17) is 4.74 Å². The molecular weight excluding hydrogens is 342 g/mol. The van der Waals surface area contributed by atoms with E-state index in [2.05, 4.69) is 30.4 Å². The molecule has 27 heavy (non-hydrogen) atoms. The van der Waals surface area contributed by atoms with Gasteiger partial charge in [-0.3, -0.25) is 9.59 Å². The molecule has 0 fully saturated rings. The number of ether oxygens (including phenoxy) is 1. The molecular formula is C22H31NO4. The summed E-state index contributed by atoms with van der Waals surface area (Å²) in [6.45, 7) is 7.01. The van der Waals surface area contributed by atoms with E-state index in [-0.39, 0.29) is 17.9 Å². The number of methoxy groups -OCH3 is 1. The average molecular weight is 373 g/mol. The largest absolute Gasteiger partial charge is 0.481 e. The summed E-state index contributed by atoms with van der Waals surface area (Å²) in [5, 5.41) is 11.9. The van der Waals surface area contributed by atoms with Gasteiger partial charge < -0.3 is 15.2 Å². The summed E-state index contributed by atoms with van der Waals surface area (Å²) in [5.74, 6) is -1.73. The Morgan fingerprint density at radius 3 is 2.33 bits per heavy atom. The van der Waals surface area contributed by atoms with Crippen LogP contribution in [0.3, 0.4) is 0 Å². The van der Waals surface area contributed by atoms with Crippen molar-refractivity contribution >= 4 is 11.9 Å². The van der Waals surface area contributed by atoms with Crippen LogP contribution >= 0.6 is 0 Å². The molecule has 0 bridgehead atoms. The molecule has 0 aliphatic carbocycles. The number of hydrogen-bond acceptors (Lipinski definition) is 3. The van der Waals surface area contributed by atoms with Crippen LogP contribution in [0.5, 0.6) is 0 Å². The van der Waals surface area contributed by atoms with Gasteiger partial charge in [0.25, 0.3) is 0 Å². The lowest BCUT2D eigenvalue weighted by Crippen LogP contribution is -2.39. The number of aliphatic carboxylic acids is 1. The maximum Gasteiger partial charge on any atom is 0.308 e. The van der Waals surface area contributed by atoms with Gasteiger partial charge in [0.2, 0.25) is 5.91 Å². The van der Waals surface area contributed by atoms with Crippen molar-refractivity contribution in [2.75, 3.05) is 7.11 Å². The van der Waals surface area contributed by atoms with E-state index in [0.29, 0.717) is 0 Å². The van der Waals surface area contributed by atoms with Gasteiger partial charge in [-0.1, -0.05) is 61.1 Å². The summed E-state index contributed by atoms with van der Waals surface area (Å²) in [4.78, 5) is 22.6. The minimum Gasteiger partial charge on any atom is -0.481 e. The fourth-order valence-corrected chi connectivity index (χ4v) is 2.89. The molecule has 0 spiro atoms. The van der Waals surface area contributed by atoms with Crippen LogP contribution in [0.4, 0.5) is 0 Å². The minimum absolute atomic E-state index is 0.0415. The third-order valence-corrected chi connectivity index (χ3v) is 4.56. The van der Waals surface area contributed by atoms with E-state index in [9.17, 15) is 14.7 Å². The summed E-state index contributed by atoms with van der Waals surface area (Å²) < 4.78 is 5.66. The Hall–Kier alpha value is -2.40. The van der Waals surface area contributed by atoms with Crippen LogP contribution < -0.4 is 5.32 Å². The zero-order valence-electron chi connectivity index (χ0n) is 16.8. The van der Waals surface area contributed by atoms with E-state index in [0.717, 1.165) is 12.0 Å². The molecule has 5 heteroatoms. The molecule has 1 rings (SSSR count). The number of amides is 1. The molecule has 148 valence electrons. The van der Waals surface area contributed by atoms with E-state index in [1.165, 1.54) is 12.5 Å². The van der Waals surface area contributed by atoms with Crippen molar-refractivity contribution in [1.82, 2.24) is 5.32 Å². The fraction of sp³-hybridized carbons (Fsp3) is 0.455. The predicted molar refractivity (Wildman–Crippen MR) is 107 cm³/mol. The number of rotatable bonds is 10. The Kier molecular flexibility index (Phi) is 9.51. The fourth-order valence-electron chi connectivity index (χ4n) is 2.89. The van der Waals surface area contributed by atoms with Gasteiger partial charge in [-0.2, -0.15) is 0 Å². The first-order chi connectivity index (χ1) is 12.7. The first kappa shape index (κ1) is 22.6. The van der Waals surface area contributed by atoms with Crippen LogP contribution in [-0.2, 0) is 20.7 Å². The molecule has 0 aliphatic rings. The van der Waals surface area contributed by atoms with Crippen molar-refractivity contribution in [2.45, 2.75) is 46.3 Å². The number of carboxylic acid groups (broad SMARTS) is 1. The molecule has 0 heterocycles. The van der Waals surface area contributed by atoms with Gasteiger partial charge in [-0.15, -0.1) is 0 Å². The first-order valence-electron chi connectivity index (χ1n) is 9.17. The Bertz CT molecular complexity index is 666. The van der Waals surface area contributed by atoms with Gasteiger partial charge in [0.15, 0.2) is 0 Å². The van der Waals surface area contributed by atoms with Crippen molar-refractivity contribution in [3.63, 3.8) is 0 Å². The van der Waals surface area contributed by atoms with Gasteiger partial charge in [0, 0.05) is 20.0 Å². The number of benzene rings is 1. The number of carboxylic acids is 1. The second kappa shape index (κ2) is 11.3. The second-order valence-corrected chi connectivity index (χ2v) is 6.95. The maximum absolute atomic E-state index is 11.3. The molecule has 0 aromatic heterocycles. The highest BCUT2D eigenvalue weighted by molar-refractivity contribution is 5.76. The molecule has 4 atom stereocenters. The normalized spacial score (nSPS) is 16.6. The van der Waals surface area contributed by atoms with Crippen molar-refractivity contribution in [3.05, 3.63) is 59.7 Å². The summed E-state index contributed by atoms with van der Waals surface area (Å²) in [6, 6.07) is 9.64. The van der Waals surface area contributed by atoms with Crippen LogP contribution in [0, 0.1) is 11.8 Å². The third kappa shape index (κ3) is 8.22. The van der Waals surface area contributed by atoms with Gasteiger partial charge in [-0.05, 0) is 25.8 Å². The lowest BCUT2D eigenvalue weighted by molar-refractivity contribution is -0.141. The van der Waals surface area contributed by atoms with Crippen LogP contribution in [-0.4, -0.2) is 36.2 Å².